The van der Waals surface area contributed by atoms with Crippen molar-refractivity contribution in [2.45, 2.75) is 18.7 Å². The molecule has 1 heterocycles. The van der Waals surface area contributed by atoms with E-state index in [-0.39, 0.29) is 6.04 Å². The van der Waals surface area contributed by atoms with Gasteiger partial charge in [0.15, 0.2) is 12.5 Å². The maximum atomic E-state index is 10.1. The van der Waals surface area contributed by atoms with Gasteiger partial charge in [-0.3, -0.25) is 9.69 Å². The lowest BCUT2D eigenvalue weighted by Crippen LogP contribution is -2.36. The molecule has 4 heteroatoms. The van der Waals surface area contributed by atoms with Crippen LogP contribution in [0.5, 0.6) is 0 Å². The number of aliphatic hydroxyl groups excluding tert-OH is 1. The summed E-state index contributed by atoms with van der Waals surface area (Å²) < 4.78 is 0. The highest BCUT2D eigenvalue weighted by atomic mass is 16.3. The van der Waals surface area contributed by atoms with E-state index >= 15 is 0 Å². The topological polar surface area (TPSA) is 66.6 Å². The molecule has 2 atom stereocenters. The van der Waals surface area contributed by atoms with Crippen molar-refractivity contribution in [1.82, 2.24) is 4.90 Å². The number of likely N-dealkylation sites (tertiary alicyclic amines) is 1. The molecule has 4 nitrogen and oxygen atoms in total. The molecule has 1 rings (SSSR count). The molecule has 0 saturated carbocycles. The zero-order chi connectivity index (χ0) is 7.56. The zero-order valence-electron chi connectivity index (χ0n) is 5.73. The SMILES string of the molecule is N[C@H]1CCN(C(O)C=O)C1. The summed E-state index contributed by atoms with van der Waals surface area (Å²) in [5.41, 5.74) is 5.55. The predicted octanol–water partition coefficient (Wildman–Crippen LogP) is -1.46. The van der Waals surface area contributed by atoms with E-state index in [4.69, 9.17) is 10.8 Å². The van der Waals surface area contributed by atoms with Crippen LogP contribution in [0.15, 0.2) is 0 Å². The number of nitrogens with two attached hydrogens (primary N) is 1. The van der Waals surface area contributed by atoms with E-state index in [0.717, 1.165) is 13.0 Å². The van der Waals surface area contributed by atoms with Gasteiger partial charge in [-0.2, -0.15) is 0 Å². The van der Waals surface area contributed by atoms with Crippen LogP contribution in [0.25, 0.3) is 0 Å². The van der Waals surface area contributed by atoms with Crippen molar-refractivity contribution in [1.29, 1.82) is 0 Å². The third-order valence-electron chi connectivity index (χ3n) is 1.75. The summed E-state index contributed by atoms with van der Waals surface area (Å²) in [6.07, 6.45) is 0.441. The van der Waals surface area contributed by atoms with Gasteiger partial charge in [-0.1, -0.05) is 0 Å². The number of hydrogen-bond donors (Lipinski definition) is 2. The monoisotopic (exact) mass is 144 g/mol. The van der Waals surface area contributed by atoms with Gasteiger partial charge in [0.05, 0.1) is 0 Å². The van der Waals surface area contributed by atoms with Crippen molar-refractivity contribution in [2.24, 2.45) is 5.73 Å². The molecule has 1 fully saturated rings. The minimum Gasteiger partial charge on any atom is -0.371 e. The van der Waals surface area contributed by atoms with Crippen LogP contribution in [0, 0.1) is 0 Å². The van der Waals surface area contributed by atoms with Gasteiger partial charge >= 0.3 is 0 Å². The van der Waals surface area contributed by atoms with Gasteiger partial charge < -0.3 is 10.8 Å². The van der Waals surface area contributed by atoms with Crippen LogP contribution in [0.2, 0.25) is 0 Å². The maximum absolute atomic E-state index is 10.1. The molecule has 0 aliphatic carbocycles. The fourth-order valence-electron chi connectivity index (χ4n) is 1.14. The Labute approximate surface area is 59.6 Å². The Morgan fingerprint density at radius 3 is 2.90 bits per heavy atom. The minimum atomic E-state index is -0.950. The molecule has 10 heavy (non-hydrogen) atoms. The summed E-state index contributed by atoms with van der Waals surface area (Å²) in [5, 5.41) is 8.98. The lowest BCUT2D eigenvalue weighted by molar-refractivity contribution is -0.122. The number of rotatable bonds is 2. The normalized spacial score (nSPS) is 30.4. The molecule has 0 bridgehead atoms. The molecular formula is C6H12N2O2. The van der Waals surface area contributed by atoms with E-state index in [1.165, 1.54) is 0 Å². The first-order chi connectivity index (χ1) is 4.74. The van der Waals surface area contributed by atoms with Crippen LogP contribution in [-0.4, -0.2) is 41.7 Å². The number of carbonyl (C=O) groups excluding carboxylic acids is 1. The van der Waals surface area contributed by atoms with Gasteiger partial charge in [-0.15, -0.1) is 0 Å². The highest BCUT2D eigenvalue weighted by Gasteiger charge is 2.23. The second-order valence-electron chi connectivity index (χ2n) is 2.59. The lowest BCUT2D eigenvalue weighted by Gasteiger charge is -2.16. The minimum absolute atomic E-state index is 0.120. The van der Waals surface area contributed by atoms with Crippen molar-refractivity contribution in [3.8, 4) is 0 Å². The van der Waals surface area contributed by atoms with Gasteiger partial charge in [0.25, 0.3) is 0 Å². The molecule has 58 valence electrons. The fourth-order valence-corrected chi connectivity index (χ4v) is 1.14. The van der Waals surface area contributed by atoms with Crippen LogP contribution in [0.1, 0.15) is 6.42 Å². The summed E-state index contributed by atoms with van der Waals surface area (Å²) in [4.78, 5) is 11.7. The van der Waals surface area contributed by atoms with Gasteiger partial charge in [-0.05, 0) is 6.42 Å². The summed E-state index contributed by atoms with van der Waals surface area (Å²) in [6.45, 7) is 1.35. The number of aliphatic hydroxyl groups is 1. The first-order valence-corrected chi connectivity index (χ1v) is 3.37. The van der Waals surface area contributed by atoms with Crippen LogP contribution < -0.4 is 5.73 Å². The van der Waals surface area contributed by atoms with Crippen molar-refractivity contribution in [2.75, 3.05) is 13.1 Å². The molecule has 0 aromatic heterocycles. The highest BCUT2D eigenvalue weighted by molar-refractivity contribution is 5.54. The molecule has 0 spiro atoms. The van der Waals surface area contributed by atoms with Gasteiger partial charge in [-0.25, -0.2) is 0 Å². The smallest absolute Gasteiger partial charge is 0.163 e. The third-order valence-corrected chi connectivity index (χ3v) is 1.75. The van der Waals surface area contributed by atoms with E-state index < -0.39 is 6.23 Å². The fraction of sp³-hybridized carbons (Fsp3) is 0.833. The standard InChI is InChI=1S/C6H12N2O2/c7-5-1-2-8(3-5)6(10)4-9/h4-6,10H,1-3,7H2/t5-,6?/m0/s1. The molecule has 3 N–H and O–H groups in total. The number of hydrogen-bond acceptors (Lipinski definition) is 4. The Hall–Kier alpha value is -0.450. The number of carbonyl (C=O) groups is 1. The van der Waals surface area contributed by atoms with Crippen molar-refractivity contribution < 1.29 is 9.90 Å². The largest absolute Gasteiger partial charge is 0.371 e. The molecule has 0 aromatic carbocycles. The van der Waals surface area contributed by atoms with Crippen LogP contribution in [0.4, 0.5) is 0 Å². The first-order valence-electron chi connectivity index (χ1n) is 3.37. The van der Waals surface area contributed by atoms with Crippen molar-refractivity contribution in [3.63, 3.8) is 0 Å². The van der Waals surface area contributed by atoms with Crippen LogP contribution in [0.3, 0.4) is 0 Å². The van der Waals surface area contributed by atoms with E-state index in [0.29, 0.717) is 12.8 Å². The second-order valence-corrected chi connectivity index (χ2v) is 2.59. The van der Waals surface area contributed by atoms with Crippen LogP contribution in [-0.2, 0) is 4.79 Å². The second kappa shape index (κ2) is 3.09. The predicted molar refractivity (Wildman–Crippen MR) is 36.2 cm³/mol. The van der Waals surface area contributed by atoms with Crippen molar-refractivity contribution >= 4 is 6.29 Å². The first kappa shape index (κ1) is 7.65. The molecule has 1 aliphatic rings. The Bertz CT molecular complexity index is 129. The molecule has 0 amide bonds. The summed E-state index contributed by atoms with van der Waals surface area (Å²) in [5.74, 6) is 0. The number of nitrogens with zero attached hydrogens (tertiary/aromatic N) is 1. The van der Waals surface area contributed by atoms with Gasteiger partial charge in [0, 0.05) is 19.1 Å². The Morgan fingerprint density at radius 2 is 2.50 bits per heavy atom. The lowest BCUT2D eigenvalue weighted by atomic mass is 10.3. The summed E-state index contributed by atoms with van der Waals surface area (Å²) in [6, 6.07) is 0.120. The average molecular weight is 144 g/mol. The zero-order valence-corrected chi connectivity index (χ0v) is 5.73. The molecule has 1 unspecified atom stereocenters. The number of aldehydes is 1. The highest BCUT2D eigenvalue weighted by Crippen LogP contribution is 2.07. The molecule has 0 radical (unpaired) electrons. The molecular weight excluding hydrogens is 132 g/mol. The molecule has 0 aromatic rings. The van der Waals surface area contributed by atoms with Gasteiger partial charge in [0.1, 0.15) is 0 Å². The van der Waals surface area contributed by atoms with E-state index in [1.807, 2.05) is 0 Å². The molecule has 1 saturated heterocycles. The average Bonchev–Trinajstić information content (AvgIpc) is 2.34. The van der Waals surface area contributed by atoms with Crippen molar-refractivity contribution in [3.05, 3.63) is 0 Å². The van der Waals surface area contributed by atoms with E-state index in [1.54, 1.807) is 4.90 Å². The molecule has 1 aliphatic heterocycles. The Morgan fingerprint density at radius 1 is 1.80 bits per heavy atom. The summed E-state index contributed by atoms with van der Waals surface area (Å²) in [7, 11) is 0. The summed E-state index contributed by atoms with van der Waals surface area (Å²) >= 11 is 0. The Kier molecular flexibility index (Phi) is 2.37. The third kappa shape index (κ3) is 1.53. The maximum Gasteiger partial charge on any atom is 0.163 e. The van der Waals surface area contributed by atoms with Gasteiger partial charge in [0.2, 0.25) is 0 Å². The van der Waals surface area contributed by atoms with E-state index in [2.05, 4.69) is 0 Å². The van der Waals surface area contributed by atoms with Crippen LogP contribution >= 0.6 is 0 Å². The Balaban J connectivity index is 2.36. The quantitative estimate of drug-likeness (QED) is 0.465. The van der Waals surface area contributed by atoms with E-state index in [9.17, 15) is 4.79 Å².